The highest BCUT2D eigenvalue weighted by Crippen LogP contribution is 2.41. The molecular formula is C23H30O6. The van der Waals surface area contributed by atoms with Gasteiger partial charge in [0.25, 0.3) is 0 Å². The molecule has 0 aliphatic rings. The Morgan fingerprint density at radius 1 is 1.00 bits per heavy atom. The van der Waals surface area contributed by atoms with Gasteiger partial charge in [0.05, 0.1) is 34.0 Å². The maximum absolute atomic E-state index is 12.1. The van der Waals surface area contributed by atoms with E-state index in [0.29, 0.717) is 35.8 Å². The summed E-state index contributed by atoms with van der Waals surface area (Å²) in [5.74, 6) is 1.38. The minimum absolute atomic E-state index is 0.000697. The quantitative estimate of drug-likeness (QED) is 0.576. The van der Waals surface area contributed by atoms with Crippen molar-refractivity contribution in [2.45, 2.75) is 45.0 Å². The van der Waals surface area contributed by atoms with Crippen LogP contribution in [0.1, 0.15) is 43.4 Å². The van der Waals surface area contributed by atoms with Gasteiger partial charge >= 0.3 is 0 Å². The van der Waals surface area contributed by atoms with Gasteiger partial charge in [0, 0.05) is 12.8 Å². The molecule has 6 heteroatoms. The number of hydrogen-bond donors (Lipinski definition) is 1. The van der Waals surface area contributed by atoms with Crippen molar-refractivity contribution in [2.24, 2.45) is 0 Å². The molecule has 0 saturated heterocycles. The van der Waals surface area contributed by atoms with Gasteiger partial charge in [-0.3, -0.25) is 4.79 Å². The van der Waals surface area contributed by atoms with Crippen molar-refractivity contribution in [2.75, 3.05) is 21.3 Å². The van der Waals surface area contributed by atoms with Crippen LogP contribution in [0.15, 0.2) is 42.5 Å². The molecule has 6 nitrogen and oxygen atoms in total. The summed E-state index contributed by atoms with van der Waals surface area (Å²) in [5, 5.41) is 10.8. The third-order valence-electron chi connectivity index (χ3n) is 4.60. The molecule has 158 valence electrons. The summed E-state index contributed by atoms with van der Waals surface area (Å²) in [6.07, 6.45) is -0.544. The maximum atomic E-state index is 12.1. The molecule has 0 aliphatic heterocycles. The van der Waals surface area contributed by atoms with E-state index < -0.39 is 12.2 Å². The minimum atomic E-state index is -0.999. The Balaban J connectivity index is 2.35. The zero-order chi connectivity index (χ0) is 21.2. The normalized spacial score (nSPS) is 12.9. The SMILES string of the molecule is CCCC(=O)C[C@@H](O)[C@@H](OCc1ccccc1)c1cc(OC)c(OC)c(OC)c1. The molecule has 0 aromatic heterocycles. The second kappa shape index (κ2) is 11.4. The first-order valence-corrected chi connectivity index (χ1v) is 9.69. The Morgan fingerprint density at radius 2 is 1.62 bits per heavy atom. The summed E-state index contributed by atoms with van der Waals surface area (Å²) < 4.78 is 22.3. The van der Waals surface area contributed by atoms with Gasteiger partial charge in [-0.25, -0.2) is 0 Å². The first kappa shape index (κ1) is 22.7. The Hall–Kier alpha value is -2.57. The number of rotatable bonds is 12. The van der Waals surface area contributed by atoms with Crippen molar-refractivity contribution in [3.63, 3.8) is 0 Å². The fraction of sp³-hybridized carbons (Fsp3) is 0.435. The first-order chi connectivity index (χ1) is 14.0. The second-order valence-corrected chi connectivity index (χ2v) is 6.74. The number of aliphatic hydroxyl groups is 1. The number of ketones is 1. The molecular weight excluding hydrogens is 372 g/mol. The number of aliphatic hydroxyl groups excluding tert-OH is 1. The topological polar surface area (TPSA) is 74.2 Å². The number of ether oxygens (including phenoxy) is 4. The fourth-order valence-electron chi connectivity index (χ4n) is 3.18. The lowest BCUT2D eigenvalue weighted by Crippen LogP contribution is -2.24. The zero-order valence-electron chi connectivity index (χ0n) is 17.5. The molecule has 0 bridgehead atoms. The lowest BCUT2D eigenvalue weighted by atomic mass is 9.98. The van der Waals surface area contributed by atoms with Crippen molar-refractivity contribution in [1.82, 2.24) is 0 Å². The van der Waals surface area contributed by atoms with Gasteiger partial charge in [0.2, 0.25) is 5.75 Å². The van der Waals surface area contributed by atoms with E-state index in [1.165, 1.54) is 21.3 Å². The van der Waals surface area contributed by atoms with Gasteiger partial charge < -0.3 is 24.1 Å². The van der Waals surface area contributed by atoms with E-state index in [-0.39, 0.29) is 12.2 Å². The molecule has 0 amide bonds. The maximum Gasteiger partial charge on any atom is 0.203 e. The minimum Gasteiger partial charge on any atom is -0.493 e. The van der Waals surface area contributed by atoms with Gasteiger partial charge in [0.1, 0.15) is 11.9 Å². The molecule has 29 heavy (non-hydrogen) atoms. The van der Waals surface area contributed by atoms with Crippen LogP contribution in [0, 0.1) is 0 Å². The Labute approximate surface area is 172 Å². The highest BCUT2D eigenvalue weighted by Gasteiger charge is 2.27. The molecule has 0 fully saturated rings. The summed E-state index contributed by atoms with van der Waals surface area (Å²) in [6.45, 7) is 2.23. The van der Waals surface area contributed by atoms with Crippen molar-refractivity contribution < 1.29 is 28.8 Å². The van der Waals surface area contributed by atoms with Crippen LogP contribution in [0.2, 0.25) is 0 Å². The van der Waals surface area contributed by atoms with E-state index in [1.807, 2.05) is 37.3 Å². The molecule has 0 spiro atoms. The fourth-order valence-corrected chi connectivity index (χ4v) is 3.18. The van der Waals surface area contributed by atoms with Crippen molar-refractivity contribution in [1.29, 1.82) is 0 Å². The van der Waals surface area contributed by atoms with Gasteiger partial charge in [-0.05, 0) is 29.7 Å². The van der Waals surface area contributed by atoms with Crippen molar-refractivity contribution >= 4 is 5.78 Å². The molecule has 0 radical (unpaired) electrons. The highest BCUT2D eigenvalue weighted by atomic mass is 16.5. The molecule has 2 rings (SSSR count). The summed E-state index contributed by atoms with van der Waals surface area (Å²) in [5.41, 5.74) is 1.62. The van der Waals surface area contributed by atoms with E-state index in [0.717, 1.165) is 12.0 Å². The van der Waals surface area contributed by atoms with Crippen molar-refractivity contribution in [3.8, 4) is 17.2 Å². The monoisotopic (exact) mass is 402 g/mol. The predicted octanol–water partition coefficient (Wildman–Crippen LogP) is 4.09. The van der Waals surface area contributed by atoms with Crippen LogP contribution in [-0.2, 0) is 16.1 Å². The summed E-state index contributed by atoms with van der Waals surface area (Å²) in [6, 6.07) is 13.2. The highest BCUT2D eigenvalue weighted by molar-refractivity contribution is 5.78. The van der Waals surface area contributed by atoms with E-state index in [4.69, 9.17) is 18.9 Å². The largest absolute Gasteiger partial charge is 0.493 e. The Morgan fingerprint density at radius 3 is 2.14 bits per heavy atom. The van der Waals surface area contributed by atoms with Gasteiger partial charge in [-0.2, -0.15) is 0 Å². The number of hydrogen-bond acceptors (Lipinski definition) is 6. The van der Waals surface area contributed by atoms with Gasteiger partial charge in [-0.1, -0.05) is 37.3 Å². The lowest BCUT2D eigenvalue weighted by molar-refractivity contribution is -0.124. The van der Waals surface area contributed by atoms with Crippen LogP contribution in [0.4, 0.5) is 0 Å². The predicted molar refractivity (Wildman–Crippen MR) is 111 cm³/mol. The van der Waals surface area contributed by atoms with Crippen LogP contribution in [0.5, 0.6) is 17.2 Å². The molecule has 0 unspecified atom stereocenters. The zero-order valence-corrected chi connectivity index (χ0v) is 17.5. The van der Waals surface area contributed by atoms with Crippen LogP contribution in [0.25, 0.3) is 0 Å². The van der Waals surface area contributed by atoms with Crippen LogP contribution in [0.3, 0.4) is 0 Å². The number of benzene rings is 2. The number of Topliss-reactive ketones (excluding diaryl/α,β-unsaturated/α-hetero) is 1. The second-order valence-electron chi connectivity index (χ2n) is 6.74. The average Bonchev–Trinajstić information content (AvgIpc) is 2.73. The van der Waals surface area contributed by atoms with Gasteiger partial charge in [0.15, 0.2) is 11.5 Å². The van der Waals surface area contributed by atoms with Crippen LogP contribution >= 0.6 is 0 Å². The van der Waals surface area contributed by atoms with Crippen molar-refractivity contribution in [3.05, 3.63) is 53.6 Å². The Kier molecular flexibility index (Phi) is 8.96. The van der Waals surface area contributed by atoms with E-state index in [9.17, 15) is 9.90 Å². The molecule has 1 N–H and O–H groups in total. The summed E-state index contributed by atoms with van der Waals surface area (Å²) in [4.78, 5) is 12.1. The summed E-state index contributed by atoms with van der Waals surface area (Å²) in [7, 11) is 4.59. The van der Waals surface area contributed by atoms with E-state index >= 15 is 0 Å². The lowest BCUT2D eigenvalue weighted by Gasteiger charge is -2.25. The molecule has 2 aromatic carbocycles. The van der Waals surface area contributed by atoms with Crippen LogP contribution < -0.4 is 14.2 Å². The number of carbonyl (C=O) groups is 1. The Bertz CT molecular complexity index is 749. The van der Waals surface area contributed by atoms with E-state index in [2.05, 4.69) is 0 Å². The molecule has 2 atom stereocenters. The standard InChI is InChI=1S/C23H30O6/c1-5-9-18(24)14-19(25)22(29-15-16-10-7-6-8-11-16)17-12-20(26-2)23(28-4)21(13-17)27-3/h6-8,10-13,19,22,25H,5,9,14-15H2,1-4H3/t19-,22+/m1/s1. The first-order valence-electron chi connectivity index (χ1n) is 9.69. The smallest absolute Gasteiger partial charge is 0.203 e. The van der Waals surface area contributed by atoms with Crippen LogP contribution in [-0.4, -0.2) is 38.3 Å². The average molecular weight is 402 g/mol. The van der Waals surface area contributed by atoms with E-state index in [1.54, 1.807) is 12.1 Å². The number of carbonyl (C=O) groups excluding carboxylic acids is 1. The molecule has 2 aromatic rings. The third kappa shape index (κ3) is 6.21. The molecule has 0 heterocycles. The third-order valence-corrected chi connectivity index (χ3v) is 4.60. The summed E-state index contributed by atoms with van der Waals surface area (Å²) >= 11 is 0. The number of methoxy groups -OCH3 is 3. The van der Waals surface area contributed by atoms with Gasteiger partial charge in [-0.15, -0.1) is 0 Å². The molecule has 0 saturated carbocycles. The molecule has 0 aliphatic carbocycles.